The van der Waals surface area contributed by atoms with Crippen LogP contribution in [0.3, 0.4) is 0 Å². The SMILES string of the molecule is CC(C)(C)c1cc(C2=C(S(C)(=O)=O)N=NC2)cc(C(C)(C)C)c1O. The van der Waals surface area contributed by atoms with Crippen molar-refractivity contribution in [1.29, 1.82) is 0 Å². The molecule has 5 nitrogen and oxygen atoms in total. The van der Waals surface area contributed by atoms with Gasteiger partial charge in [0.1, 0.15) is 5.75 Å². The molecule has 0 aromatic heterocycles. The summed E-state index contributed by atoms with van der Waals surface area (Å²) < 4.78 is 24.0. The lowest BCUT2D eigenvalue weighted by molar-refractivity contribution is 0.423. The second-order valence-corrected chi connectivity index (χ2v) is 10.3. The molecule has 1 aromatic carbocycles. The predicted molar refractivity (Wildman–Crippen MR) is 97.0 cm³/mol. The smallest absolute Gasteiger partial charge is 0.194 e. The summed E-state index contributed by atoms with van der Waals surface area (Å²) in [5.74, 6) is 0.270. The first-order valence-electron chi connectivity index (χ1n) is 7.92. The molecule has 1 aliphatic rings. The minimum atomic E-state index is -3.45. The molecule has 132 valence electrons. The van der Waals surface area contributed by atoms with Crippen LogP contribution in [0.5, 0.6) is 5.75 Å². The monoisotopic (exact) mass is 350 g/mol. The van der Waals surface area contributed by atoms with Crippen molar-refractivity contribution in [3.63, 3.8) is 0 Å². The number of azo groups is 1. The third-order valence-corrected chi connectivity index (χ3v) is 5.10. The summed E-state index contributed by atoms with van der Waals surface area (Å²) in [4.78, 5) is 0. The number of hydrogen-bond donors (Lipinski definition) is 1. The first-order chi connectivity index (χ1) is 10.7. The number of benzene rings is 1. The van der Waals surface area contributed by atoms with Crippen molar-refractivity contribution in [2.24, 2.45) is 10.2 Å². The van der Waals surface area contributed by atoms with E-state index in [0.29, 0.717) is 5.57 Å². The molecular formula is C18H26N2O3S. The molecular weight excluding hydrogens is 324 g/mol. The summed E-state index contributed by atoms with van der Waals surface area (Å²) in [5, 5.41) is 18.5. The van der Waals surface area contributed by atoms with Crippen molar-refractivity contribution in [1.82, 2.24) is 0 Å². The minimum absolute atomic E-state index is 0.0212. The average Bonchev–Trinajstić information content (AvgIpc) is 2.85. The van der Waals surface area contributed by atoms with Gasteiger partial charge in [-0.05, 0) is 28.5 Å². The lowest BCUT2D eigenvalue weighted by Gasteiger charge is -2.28. The molecule has 1 heterocycles. The molecule has 0 atom stereocenters. The third-order valence-electron chi connectivity index (χ3n) is 4.07. The molecule has 1 N–H and O–H groups in total. The van der Waals surface area contributed by atoms with Gasteiger partial charge in [0.25, 0.3) is 0 Å². The molecule has 0 spiro atoms. The number of rotatable bonds is 2. The zero-order valence-corrected chi connectivity index (χ0v) is 16.2. The predicted octanol–water partition coefficient (Wildman–Crippen LogP) is 4.17. The maximum atomic E-state index is 12.0. The topological polar surface area (TPSA) is 79.1 Å². The van der Waals surface area contributed by atoms with Gasteiger partial charge in [0.05, 0.1) is 6.54 Å². The largest absolute Gasteiger partial charge is 0.507 e. The standard InChI is InChI=1S/C18H26N2O3S/c1-17(2,3)13-8-11(9-14(15(13)21)18(4,5)6)12-10-19-20-16(12)24(7,22)23/h8-9,21H,10H2,1-7H3. The van der Waals surface area contributed by atoms with Crippen LogP contribution in [-0.2, 0) is 20.7 Å². The Morgan fingerprint density at radius 1 is 1.00 bits per heavy atom. The van der Waals surface area contributed by atoms with E-state index in [1.807, 2.05) is 53.7 Å². The summed E-state index contributed by atoms with van der Waals surface area (Å²) in [6, 6.07) is 3.73. The molecule has 0 bridgehead atoms. The van der Waals surface area contributed by atoms with Gasteiger partial charge in [-0.3, -0.25) is 0 Å². The van der Waals surface area contributed by atoms with Gasteiger partial charge in [-0.15, -0.1) is 5.11 Å². The number of sulfone groups is 1. The highest BCUT2D eigenvalue weighted by atomic mass is 32.2. The molecule has 0 aliphatic carbocycles. The minimum Gasteiger partial charge on any atom is -0.507 e. The second-order valence-electron chi connectivity index (χ2n) is 8.38. The molecule has 6 heteroatoms. The van der Waals surface area contributed by atoms with Crippen molar-refractivity contribution >= 4 is 15.4 Å². The molecule has 24 heavy (non-hydrogen) atoms. The van der Waals surface area contributed by atoms with E-state index in [-0.39, 0.29) is 28.2 Å². The Morgan fingerprint density at radius 3 is 1.83 bits per heavy atom. The van der Waals surface area contributed by atoms with Gasteiger partial charge in [0, 0.05) is 23.0 Å². The zero-order valence-electron chi connectivity index (χ0n) is 15.4. The Kier molecular flexibility index (Phi) is 4.42. The molecule has 1 aromatic rings. The summed E-state index contributed by atoms with van der Waals surface area (Å²) in [6.07, 6.45) is 1.14. The van der Waals surface area contributed by atoms with Gasteiger partial charge in [-0.25, -0.2) is 8.42 Å². The van der Waals surface area contributed by atoms with E-state index in [4.69, 9.17) is 0 Å². The van der Waals surface area contributed by atoms with Crippen molar-refractivity contribution in [3.8, 4) is 5.75 Å². The van der Waals surface area contributed by atoms with E-state index in [9.17, 15) is 13.5 Å². The Morgan fingerprint density at radius 2 is 1.46 bits per heavy atom. The van der Waals surface area contributed by atoms with Gasteiger partial charge in [-0.2, -0.15) is 5.11 Å². The van der Waals surface area contributed by atoms with Crippen LogP contribution >= 0.6 is 0 Å². The van der Waals surface area contributed by atoms with Crippen LogP contribution in [0.1, 0.15) is 58.2 Å². The Hall–Kier alpha value is -1.69. The van der Waals surface area contributed by atoms with Crippen LogP contribution in [0.2, 0.25) is 0 Å². The summed E-state index contributed by atoms with van der Waals surface area (Å²) >= 11 is 0. The Labute approximate surface area is 144 Å². The van der Waals surface area contributed by atoms with Gasteiger partial charge in [0.2, 0.25) is 0 Å². The van der Waals surface area contributed by atoms with E-state index < -0.39 is 9.84 Å². The first-order valence-corrected chi connectivity index (χ1v) is 9.81. The summed E-state index contributed by atoms with van der Waals surface area (Å²) in [5.41, 5.74) is 2.37. The summed E-state index contributed by atoms with van der Waals surface area (Å²) in [7, 11) is -3.45. The number of nitrogens with zero attached hydrogens (tertiary/aromatic N) is 2. The molecule has 0 saturated heterocycles. The van der Waals surface area contributed by atoms with E-state index in [1.165, 1.54) is 0 Å². The summed E-state index contributed by atoms with van der Waals surface area (Å²) in [6.45, 7) is 12.4. The maximum absolute atomic E-state index is 12.0. The highest BCUT2D eigenvalue weighted by Crippen LogP contribution is 2.42. The van der Waals surface area contributed by atoms with E-state index in [0.717, 1.165) is 22.9 Å². The van der Waals surface area contributed by atoms with E-state index in [2.05, 4.69) is 10.2 Å². The fourth-order valence-electron chi connectivity index (χ4n) is 2.76. The van der Waals surface area contributed by atoms with Gasteiger partial charge < -0.3 is 5.11 Å². The van der Waals surface area contributed by atoms with Crippen LogP contribution in [0.4, 0.5) is 0 Å². The van der Waals surface area contributed by atoms with Gasteiger partial charge >= 0.3 is 0 Å². The Balaban J connectivity index is 2.82. The van der Waals surface area contributed by atoms with Crippen LogP contribution in [0, 0.1) is 0 Å². The zero-order chi connectivity index (χ0) is 18.5. The third kappa shape index (κ3) is 3.53. The molecule has 0 radical (unpaired) electrons. The first kappa shape index (κ1) is 18.6. The van der Waals surface area contributed by atoms with Crippen molar-refractivity contribution in [2.45, 2.75) is 52.4 Å². The highest BCUT2D eigenvalue weighted by molar-refractivity contribution is 7.94. The van der Waals surface area contributed by atoms with Crippen LogP contribution in [0.15, 0.2) is 27.4 Å². The average molecular weight is 350 g/mol. The Bertz CT molecular complexity index is 801. The van der Waals surface area contributed by atoms with Gasteiger partial charge in [-0.1, -0.05) is 41.5 Å². The van der Waals surface area contributed by atoms with E-state index in [1.54, 1.807) is 0 Å². The van der Waals surface area contributed by atoms with Crippen molar-refractivity contribution in [2.75, 3.05) is 12.8 Å². The normalized spacial score (nSPS) is 16.1. The molecule has 1 aliphatic heterocycles. The van der Waals surface area contributed by atoms with E-state index >= 15 is 0 Å². The molecule has 2 rings (SSSR count). The second kappa shape index (κ2) is 5.69. The lowest BCUT2D eigenvalue weighted by atomic mass is 9.78. The van der Waals surface area contributed by atoms with Crippen molar-refractivity contribution < 1.29 is 13.5 Å². The fourth-order valence-corrected chi connectivity index (χ4v) is 3.60. The molecule has 0 fully saturated rings. The number of aromatic hydroxyl groups is 1. The molecule has 0 unspecified atom stereocenters. The van der Waals surface area contributed by atoms with Crippen LogP contribution in [0.25, 0.3) is 5.57 Å². The number of phenols is 1. The number of phenolic OH excluding ortho intramolecular Hbond substituents is 1. The maximum Gasteiger partial charge on any atom is 0.194 e. The lowest BCUT2D eigenvalue weighted by Crippen LogP contribution is -2.18. The molecule has 0 amide bonds. The van der Waals surface area contributed by atoms with Gasteiger partial charge in [0.15, 0.2) is 14.9 Å². The molecule has 0 saturated carbocycles. The quantitative estimate of drug-likeness (QED) is 0.869. The van der Waals surface area contributed by atoms with Crippen LogP contribution in [-0.4, -0.2) is 26.3 Å². The fraction of sp³-hybridized carbons (Fsp3) is 0.556. The number of hydrogen-bond acceptors (Lipinski definition) is 5. The highest BCUT2D eigenvalue weighted by Gasteiger charge is 2.29. The van der Waals surface area contributed by atoms with Crippen LogP contribution < -0.4 is 0 Å². The van der Waals surface area contributed by atoms with Crippen molar-refractivity contribution in [3.05, 3.63) is 33.9 Å².